The average Bonchev–Trinajstić information content (AvgIpc) is 3.71. The zero-order chi connectivity index (χ0) is 61.6. The topological polar surface area (TPSA) is 360 Å². The van der Waals surface area contributed by atoms with Crippen LogP contribution in [-0.4, -0.2) is 224 Å². The third-order valence-electron chi connectivity index (χ3n) is 13.4. The fourth-order valence-corrected chi connectivity index (χ4v) is 9.05. The lowest BCUT2D eigenvalue weighted by Gasteiger charge is -2.38. The van der Waals surface area contributed by atoms with Crippen LogP contribution in [0.5, 0.6) is 0 Å². The van der Waals surface area contributed by atoms with Crippen molar-refractivity contribution < 1.29 is 28.4 Å². The van der Waals surface area contributed by atoms with Gasteiger partial charge in [0.25, 0.3) is 0 Å². The van der Waals surface area contributed by atoms with Crippen LogP contribution in [0.25, 0.3) is 0 Å². The smallest absolute Gasteiger partial charge is 0.115 e. The lowest BCUT2D eigenvalue weighted by molar-refractivity contribution is -0.198. The molecule has 0 saturated carbocycles. The summed E-state index contributed by atoms with van der Waals surface area (Å²) < 4.78 is 40.8. The SMILES string of the molecule is N#CCCN(CCC#N)CCCOCC(OCCCN(CCC#N)CCC#N)C(OCCCN(CCC#N)CCC#N)C(OCCCN(CCC#N)CCC#N)C(COCCCN(CCC#N)CCC#N)OCCCN(CCC#N)CCC#N. The molecule has 4 unspecified atom stereocenters. The summed E-state index contributed by atoms with van der Waals surface area (Å²) in [5.41, 5.74) is 0. The first-order valence-corrected chi connectivity index (χ1v) is 29.7. The van der Waals surface area contributed by atoms with E-state index in [4.69, 9.17) is 28.4 Å². The van der Waals surface area contributed by atoms with E-state index in [0.717, 1.165) is 0 Å². The number of hydrogen-bond donors (Lipinski definition) is 0. The quantitative estimate of drug-likeness (QED) is 0.0661. The zero-order valence-electron chi connectivity index (χ0n) is 49.9. The van der Waals surface area contributed by atoms with Crippen LogP contribution in [0.4, 0.5) is 0 Å². The third-order valence-corrected chi connectivity index (χ3v) is 13.4. The van der Waals surface area contributed by atoms with E-state index in [1.54, 1.807) is 0 Å². The summed E-state index contributed by atoms with van der Waals surface area (Å²) in [5, 5.41) is 113. The van der Waals surface area contributed by atoms with E-state index in [0.29, 0.717) is 221 Å². The van der Waals surface area contributed by atoms with Crippen LogP contribution in [-0.2, 0) is 28.4 Å². The van der Waals surface area contributed by atoms with E-state index in [2.05, 4.69) is 102 Å². The van der Waals surface area contributed by atoms with Gasteiger partial charge in [0.05, 0.1) is 86.0 Å². The predicted octanol–water partition coefficient (Wildman–Crippen LogP) is 5.68. The first kappa shape index (κ1) is 77.4. The van der Waals surface area contributed by atoms with Gasteiger partial charge in [-0.15, -0.1) is 0 Å². The largest absolute Gasteiger partial charge is 0.379 e. The van der Waals surface area contributed by atoms with Gasteiger partial charge in [-0.1, -0.05) is 0 Å². The Hall–Kier alpha value is -6.60. The van der Waals surface area contributed by atoms with Gasteiger partial charge in [-0.3, -0.25) is 0 Å². The normalized spacial score (nSPS) is 12.4. The molecule has 0 amide bonds. The van der Waals surface area contributed by atoms with E-state index in [9.17, 15) is 63.1 Å². The Morgan fingerprint density at radius 1 is 0.214 bits per heavy atom. The van der Waals surface area contributed by atoms with Crippen molar-refractivity contribution in [1.29, 1.82) is 63.1 Å². The molecule has 0 spiro atoms. The molecule has 0 bridgehead atoms. The van der Waals surface area contributed by atoms with E-state index in [1.807, 2.05) is 0 Å². The molecule has 0 aliphatic carbocycles. The Balaban J connectivity index is 7.82. The molecule has 84 heavy (non-hydrogen) atoms. The Kier molecular flexibility index (Phi) is 54.9. The van der Waals surface area contributed by atoms with Crippen molar-refractivity contribution in [3.63, 3.8) is 0 Å². The molecule has 0 aromatic carbocycles. The molecule has 0 aromatic heterocycles. The minimum absolute atomic E-state index is 0.0433. The first-order valence-electron chi connectivity index (χ1n) is 29.7. The molecule has 0 aliphatic rings. The van der Waals surface area contributed by atoms with Crippen LogP contribution in [0.2, 0.25) is 0 Å². The molecule has 0 heterocycles. The maximum absolute atomic E-state index is 9.44. The number of ether oxygens (including phenoxy) is 6. The maximum Gasteiger partial charge on any atom is 0.115 e. The molecule has 24 heteroatoms. The zero-order valence-corrected chi connectivity index (χ0v) is 49.9. The fourth-order valence-electron chi connectivity index (χ4n) is 9.05. The summed E-state index contributed by atoms with van der Waals surface area (Å²) in [6.45, 7) is 10.7. The van der Waals surface area contributed by atoms with Gasteiger partial charge in [0.1, 0.15) is 24.4 Å². The molecule has 24 nitrogen and oxygen atoms in total. The van der Waals surface area contributed by atoms with Crippen LogP contribution in [0, 0.1) is 136 Å². The van der Waals surface area contributed by atoms with E-state index >= 15 is 0 Å². The second-order valence-electron chi connectivity index (χ2n) is 19.7. The van der Waals surface area contributed by atoms with Crippen LogP contribution >= 0.6 is 0 Å². The number of nitrogens with zero attached hydrogens (tertiary/aromatic N) is 18. The number of rotatable bonds is 59. The van der Waals surface area contributed by atoms with Crippen molar-refractivity contribution in [3.8, 4) is 72.8 Å². The Labute approximate surface area is 502 Å². The second-order valence-corrected chi connectivity index (χ2v) is 19.7. The lowest BCUT2D eigenvalue weighted by atomic mass is 10.0. The highest BCUT2D eigenvalue weighted by Crippen LogP contribution is 2.22. The van der Waals surface area contributed by atoms with Crippen molar-refractivity contribution in [1.82, 2.24) is 29.4 Å². The molecular weight excluding hydrogens is 1070 g/mol. The monoisotopic (exact) mass is 1160 g/mol. The first-order chi connectivity index (χ1) is 41.3. The van der Waals surface area contributed by atoms with Gasteiger partial charge >= 0.3 is 0 Å². The van der Waals surface area contributed by atoms with Gasteiger partial charge in [0, 0.05) is 234 Å². The summed E-state index contributed by atoms with van der Waals surface area (Å²) in [4.78, 5) is 12.3. The minimum Gasteiger partial charge on any atom is -0.379 e. The standard InChI is InChI=1S/C60H92N18O6/c61-19-1-31-73(32-2-20-62)43-13-49-79-55-57(81-51-15-45-75(35-5-23-65)36-6-24-66)59(83-53-17-47-77(39-9-27-69)40-10-28-70)60(84-54-18-48-78(41-11-29-71)42-12-30-72)58(82-52-16-46-76(37-7-25-67)38-8-26-68)56-80-50-14-44-74(33-3-21-63)34-4-22-64/h57-60H,1-18,31-56H2. The van der Waals surface area contributed by atoms with Crippen LogP contribution < -0.4 is 0 Å². The summed E-state index contributed by atoms with van der Waals surface area (Å²) in [6, 6.07) is 26.3. The van der Waals surface area contributed by atoms with Gasteiger partial charge in [-0.2, -0.15) is 63.1 Å². The summed E-state index contributed by atoms with van der Waals surface area (Å²) in [6.07, 6.45) is 3.46. The molecular formula is C60H92N18O6. The molecule has 0 rings (SSSR count). The molecule has 0 saturated heterocycles. The van der Waals surface area contributed by atoms with Crippen LogP contribution in [0.15, 0.2) is 0 Å². The Morgan fingerprint density at radius 3 is 0.560 bits per heavy atom. The highest BCUT2D eigenvalue weighted by molar-refractivity contribution is 4.89. The summed E-state index contributed by atoms with van der Waals surface area (Å²) in [7, 11) is 0. The van der Waals surface area contributed by atoms with E-state index < -0.39 is 24.4 Å². The number of hydrogen-bond acceptors (Lipinski definition) is 24. The predicted molar refractivity (Wildman–Crippen MR) is 310 cm³/mol. The van der Waals surface area contributed by atoms with Gasteiger partial charge in [-0.25, -0.2) is 0 Å². The summed E-state index contributed by atoms with van der Waals surface area (Å²) in [5.74, 6) is 0. The van der Waals surface area contributed by atoms with Gasteiger partial charge < -0.3 is 57.8 Å². The van der Waals surface area contributed by atoms with Gasteiger partial charge in [-0.05, 0) is 38.5 Å². The highest BCUT2D eigenvalue weighted by Gasteiger charge is 2.39. The Bertz CT molecular complexity index is 1920. The second kappa shape index (κ2) is 59.6. The van der Waals surface area contributed by atoms with Crippen LogP contribution in [0.3, 0.4) is 0 Å². The van der Waals surface area contributed by atoms with E-state index in [-0.39, 0.29) is 65.3 Å². The molecule has 4 atom stereocenters. The third kappa shape index (κ3) is 44.0. The lowest BCUT2D eigenvalue weighted by Crippen LogP contribution is -2.53. The molecule has 0 N–H and O–H groups in total. The average molecular weight is 1160 g/mol. The van der Waals surface area contributed by atoms with Crippen LogP contribution in [0.1, 0.15) is 116 Å². The highest BCUT2D eigenvalue weighted by atomic mass is 16.6. The fraction of sp³-hybridized carbons (Fsp3) is 0.800. The summed E-state index contributed by atoms with van der Waals surface area (Å²) >= 11 is 0. The van der Waals surface area contributed by atoms with Crippen molar-refractivity contribution in [2.45, 2.75) is 140 Å². The molecule has 458 valence electrons. The van der Waals surface area contributed by atoms with Crippen molar-refractivity contribution in [3.05, 3.63) is 0 Å². The Morgan fingerprint density at radius 2 is 0.381 bits per heavy atom. The molecule has 0 aliphatic heterocycles. The molecule has 0 aromatic rings. The van der Waals surface area contributed by atoms with Gasteiger partial charge in [0.15, 0.2) is 0 Å². The number of nitriles is 12. The van der Waals surface area contributed by atoms with Crippen molar-refractivity contribution in [2.75, 3.05) is 171 Å². The maximum atomic E-state index is 9.44. The van der Waals surface area contributed by atoms with Crippen molar-refractivity contribution in [2.24, 2.45) is 0 Å². The minimum atomic E-state index is -0.884. The van der Waals surface area contributed by atoms with Gasteiger partial charge in [0.2, 0.25) is 0 Å². The van der Waals surface area contributed by atoms with E-state index in [1.165, 1.54) is 0 Å². The van der Waals surface area contributed by atoms with Crippen molar-refractivity contribution >= 4 is 0 Å². The molecule has 0 radical (unpaired) electrons. The molecule has 0 fully saturated rings.